The molecule has 0 unspecified atom stereocenters. The average molecular weight is 464 g/mol. The van der Waals surface area contributed by atoms with Gasteiger partial charge in [0.1, 0.15) is 29.0 Å². The predicted molar refractivity (Wildman–Crippen MR) is 118 cm³/mol. The zero-order valence-electron chi connectivity index (χ0n) is 17.7. The molecule has 2 N–H and O–H groups in total. The van der Waals surface area contributed by atoms with Crippen LogP contribution < -0.4 is 5.73 Å². The number of imidazole rings is 1. The van der Waals surface area contributed by atoms with Crippen molar-refractivity contribution >= 4 is 11.3 Å². The number of anilines is 1. The molecule has 170 valence electrons. The second-order valence-corrected chi connectivity index (χ2v) is 7.66. The first-order valence-electron chi connectivity index (χ1n) is 10.2. The molecule has 0 aliphatic rings. The summed E-state index contributed by atoms with van der Waals surface area (Å²) in [4.78, 5) is 17.3. The highest BCUT2D eigenvalue weighted by Crippen LogP contribution is 2.29. The molecule has 34 heavy (non-hydrogen) atoms. The molecule has 0 saturated carbocycles. The van der Waals surface area contributed by atoms with Crippen LogP contribution in [0.1, 0.15) is 17.1 Å². The molecular weight excluding hydrogens is 448 g/mol. The molecule has 10 heteroatoms. The van der Waals surface area contributed by atoms with Crippen LogP contribution in [0.25, 0.3) is 28.2 Å². The molecule has 0 atom stereocenters. The normalized spacial score (nSPS) is 11.3. The van der Waals surface area contributed by atoms with E-state index >= 15 is 0 Å². The number of rotatable bonds is 4. The van der Waals surface area contributed by atoms with Crippen molar-refractivity contribution in [3.8, 4) is 22.6 Å². The number of aromatic nitrogens is 5. The molecule has 1 aromatic carbocycles. The lowest BCUT2D eigenvalue weighted by Crippen LogP contribution is -2.04. The first kappa shape index (κ1) is 21.5. The van der Waals surface area contributed by atoms with Gasteiger partial charge in [0.2, 0.25) is 0 Å². The number of benzene rings is 1. The Balaban J connectivity index is 1.63. The van der Waals surface area contributed by atoms with Crippen LogP contribution in [0.2, 0.25) is 0 Å². The van der Waals surface area contributed by atoms with E-state index in [4.69, 9.17) is 5.73 Å². The highest BCUT2D eigenvalue weighted by Gasteiger charge is 2.21. The van der Waals surface area contributed by atoms with Gasteiger partial charge in [0, 0.05) is 41.8 Å². The van der Waals surface area contributed by atoms with Crippen molar-refractivity contribution in [2.45, 2.75) is 13.3 Å². The van der Waals surface area contributed by atoms with Crippen LogP contribution in [0.5, 0.6) is 0 Å². The molecule has 5 rings (SSSR count). The number of halogens is 4. The van der Waals surface area contributed by atoms with E-state index in [0.717, 1.165) is 23.5 Å². The molecule has 6 nitrogen and oxygen atoms in total. The number of nitrogen functional groups attached to an aromatic ring is 1. The maximum absolute atomic E-state index is 14.3. The minimum Gasteiger partial charge on any atom is -0.383 e. The van der Waals surface area contributed by atoms with Crippen molar-refractivity contribution in [2.75, 3.05) is 5.73 Å². The van der Waals surface area contributed by atoms with Crippen LogP contribution >= 0.6 is 0 Å². The summed E-state index contributed by atoms with van der Waals surface area (Å²) < 4.78 is 57.6. The molecule has 0 aliphatic heterocycles. The maximum atomic E-state index is 14.3. The summed E-state index contributed by atoms with van der Waals surface area (Å²) in [7, 11) is 0. The third-order valence-corrected chi connectivity index (χ3v) is 5.39. The number of hydrogen-bond donors (Lipinski definition) is 1. The summed E-state index contributed by atoms with van der Waals surface area (Å²) in [5, 5.41) is 0. The van der Waals surface area contributed by atoms with Crippen molar-refractivity contribution in [1.82, 2.24) is 24.3 Å². The third-order valence-electron chi connectivity index (χ3n) is 5.39. The predicted octanol–water partition coefficient (Wildman–Crippen LogP) is 4.89. The van der Waals surface area contributed by atoms with E-state index in [2.05, 4.69) is 19.9 Å². The van der Waals surface area contributed by atoms with Gasteiger partial charge >= 0.3 is 0 Å². The lowest BCUT2D eigenvalue weighted by atomic mass is 10.1. The van der Waals surface area contributed by atoms with E-state index in [1.54, 1.807) is 12.3 Å². The standard InChI is InChI=1S/C24H16F4N6/c1-12-8-13(6-7-30-12)16-10-31-24(33-23(16)29)22-19-5-2-14(25)11-34(19)20(32-22)9-15-17(26)3-4-18(27)21(15)28/h2-8,10-11H,9H2,1H3,(H2,29,31,33). The van der Waals surface area contributed by atoms with E-state index in [1.165, 1.54) is 22.7 Å². The lowest BCUT2D eigenvalue weighted by molar-refractivity contribution is 0.481. The van der Waals surface area contributed by atoms with Gasteiger partial charge in [0.15, 0.2) is 17.5 Å². The van der Waals surface area contributed by atoms with Crippen LogP contribution in [0.15, 0.2) is 55.0 Å². The van der Waals surface area contributed by atoms with E-state index in [0.29, 0.717) is 17.1 Å². The Morgan fingerprint density at radius 2 is 1.74 bits per heavy atom. The Hall–Kier alpha value is -4.34. The molecule has 4 aromatic heterocycles. The number of nitrogens with zero attached hydrogens (tertiary/aromatic N) is 5. The van der Waals surface area contributed by atoms with Gasteiger partial charge in [-0.15, -0.1) is 0 Å². The summed E-state index contributed by atoms with van der Waals surface area (Å²) in [6.45, 7) is 1.84. The van der Waals surface area contributed by atoms with Crippen molar-refractivity contribution in [3.63, 3.8) is 0 Å². The molecule has 5 aromatic rings. The minimum absolute atomic E-state index is 0.0731. The van der Waals surface area contributed by atoms with Gasteiger partial charge < -0.3 is 5.73 Å². The molecule has 0 radical (unpaired) electrons. The average Bonchev–Trinajstić information content (AvgIpc) is 3.16. The van der Waals surface area contributed by atoms with Gasteiger partial charge in [0.05, 0.1) is 5.52 Å². The Labute approximate surface area is 190 Å². The van der Waals surface area contributed by atoms with Crippen LogP contribution in [0, 0.1) is 30.2 Å². The van der Waals surface area contributed by atoms with Crippen LogP contribution in [0.4, 0.5) is 23.4 Å². The van der Waals surface area contributed by atoms with Gasteiger partial charge in [-0.3, -0.25) is 9.38 Å². The summed E-state index contributed by atoms with van der Waals surface area (Å²) in [5.74, 6) is -3.66. The fourth-order valence-electron chi connectivity index (χ4n) is 3.74. The highest BCUT2D eigenvalue weighted by molar-refractivity contribution is 5.78. The first-order chi connectivity index (χ1) is 16.3. The van der Waals surface area contributed by atoms with Gasteiger partial charge in [-0.25, -0.2) is 32.5 Å². The van der Waals surface area contributed by atoms with Crippen molar-refractivity contribution < 1.29 is 17.6 Å². The molecular formula is C24H16F4N6. The van der Waals surface area contributed by atoms with Crippen LogP contribution in [0.3, 0.4) is 0 Å². The van der Waals surface area contributed by atoms with Gasteiger partial charge in [0.25, 0.3) is 0 Å². The zero-order chi connectivity index (χ0) is 24.0. The fraction of sp³-hybridized carbons (Fsp3) is 0.0833. The molecule has 0 saturated heterocycles. The minimum atomic E-state index is -1.33. The summed E-state index contributed by atoms with van der Waals surface area (Å²) >= 11 is 0. The molecule has 0 bridgehead atoms. The van der Waals surface area contributed by atoms with Crippen LogP contribution in [-0.2, 0) is 6.42 Å². The Bertz CT molecular complexity index is 1560. The first-order valence-corrected chi connectivity index (χ1v) is 10.2. The van der Waals surface area contributed by atoms with Crippen molar-refractivity contribution in [3.05, 3.63) is 95.3 Å². The van der Waals surface area contributed by atoms with E-state index < -0.39 is 35.3 Å². The number of pyridine rings is 2. The maximum Gasteiger partial charge on any atom is 0.182 e. The van der Waals surface area contributed by atoms with Gasteiger partial charge in [-0.05, 0) is 48.9 Å². The Kier molecular flexibility index (Phi) is 5.20. The summed E-state index contributed by atoms with van der Waals surface area (Å²) in [6.07, 6.45) is 3.87. The highest BCUT2D eigenvalue weighted by atomic mass is 19.2. The smallest absolute Gasteiger partial charge is 0.182 e. The van der Waals surface area contributed by atoms with Crippen molar-refractivity contribution in [1.29, 1.82) is 0 Å². The van der Waals surface area contributed by atoms with Crippen molar-refractivity contribution in [2.24, 2.45) is 0 Å². The Morgan fingerprint density at radius 3 is 2.50 bits per heavy atom. The molecule has 0 fully saturated rings. The number of nitrogens with two attached hydrogens (primary N) is 1. The third kappa shape index (κ3) is 3.72. The van der Waals surface area contributed by atoms with E-state index in [9.17, 15) is 17.6 Å². The fourth-order valence-corrected chi connectivity index (χ4v) is 3.74. The number of aryl methyl sites for hydroxylation is 1. The molecule has 0 amide bonds. The second-order valence-electron chi connectivity index (χ2n) is 7.66. The molecule has 4 heterocycles. The van der Waals surface area contributed by atoms with Gasteiger partial charge in [-0.2, -0.15) is 0 Å². The molecule has 0 spiro atoms. The summed E-state index contributed by atoms with van der Waals surface area (Å²) in [6, 6.07) is 7.80. The zero-order valence-corrected chi connectivity index (χ0v) is 17.7. The second kappa shape index (κ2) is 8.22. The number of fused-ring (bicyclic) bond motifs is 1. The number of hydrogen-bond acceptors (Lipinski definition) is 5. The largest absolute Gasteiger partial charge is 0.383 e. The van der Waals surface area contributed by atoms with E-state index in [1.807, 2.05) is 13.0 Å². The monoisotopic (exact) mass is 464 g/mol. The molecule has 0 aliphatic carbocycles. The van der Waals surface area contributed by atoms with Crippen LogP contribution in [-0.4, -0.2) is 24.3 Å². The quantitative estimate of drug-likeness (QED) is 0.303. The topological polar surface area (TPSA) is 82.0 Å². The van der Waals surface area contributed by atoms with E-state index in [-0.39, 0.29) is 23.2 Å². The van der Waals surface area contributed by atoms with Gasteiger partial charge in [-0.1, -0.05) is 0 Å². The Morgan fingerprint density at radius 1 is 0.941 bits per heavy atom. The summed E-state index contributed by atoms with van der Waals surface area (Å²) in [5.41, 5.74) is 8.46. The SMILES string of the molecule is Cc1cc(-c2cnc(-c3nc(Cc4c(F)ccc(F)c4F)n4cc(F)ccc34)nc2N)ccn1. The lowest BCUT2D eigenvalue weighted by Gasteiger charge is -2.06.